The summed E-state index contributed by atoms with van der Waals surface area (Å²) >= 11 is 11.9. The maximum atomic E-state index is 12.2. The first-order valence-electron chi connectivity index (χ1n) is 6.56. The Hall–Kier alpha value is -0.530. The average molecular weight is 287 g/mol. The highest BCUT2D eigenvalue weighted by Crippen LogP contribution is 2.25. The van der Waals surface area contributed by atoms with Gasteiger partial charge in [0.15, 0.2) is 5.78 Å². The Morgan fingerprint density at radius 3 is 2.61 bits per heavy atom. The number of hydrogen-bond donors (Lipinski definition) is 0. The molecular weight excluding hydrogens is 267 g/mol. The van der Waals surface area contributed by atoms with Gasteiger partial charge >= 0.3 is 0 Å². The van der Waals surface area contributed by atoms with Gasteiger partial charge in [-0.2, -0.15) is 0 Å². The van der Waals surface area contributed by atoms with Crippen molar-refractivity contribution in [1.29, 1.82) is 0 Å². The molecule has 0 bridgehead atoms. The number of rotatable bonds is 7. The fourth-order valence-corrected chi connectivity index (χ4v) is 2.42. The molecule has 0 amide bonds. The van der Waals surface area contributed by atoms with Gasteiger partial charge in [0.1, 0.15) is 0 Å². The fraction of sp³-hybridized carbons (Fsp3) is 0.533. The molecule has 1 atom stereocenters. The van der Waals surface area contributed by atoms with Gasteiger partial charge in [-0.3, -0.25) is 4.79 Å². The van der Waals surface area contributed by atoms with Gasteiger partial charge < -0.3 is 0 Å². The first-order chi connectivity index (χ1) is 8.58. The summed E-state index contributed by atoms with van der Waals surface area (Å²) < 4.78 is 0. The van der Waals surface area contributed by atoms with Crippen LogP contribution in [0.5, 0.6) is 0 Å². The highest BCUT2D eigenvalue weighted by atomic mass is 35.5. The summed E-state index contributed by atoms with van der Waals surface area (Å²) in [4.78, 5) is 12.2. The lowest BCUT2D eigenvalue weighted by molar-refractivity contribution is 0.0957. The molecule has 0 aliphatic rings. The van der Waals surface area contributed by atoms with E-state index in [-0.39, 0.29) is 5.78 Å². The smallest absolute Gasteiger partial charge is 0.164 e. The standard InChI is InChI=1S/C15H20Cl2O/c1-3-5-6-11(4-2)9-15(18)13-10-12(16)7-8-14(13)17/h7-8,10-11H,3-6,9H2,1-2H3. The molecule has 0 heterocycles. The summed E-state index contributed by atoms with van der Waals surface area (Å²) in [6, 6.07) is 5.05. The van der Waals surface area contributed by atoms with E-state index < -0.39 is 0 Å². The van der Waals surface area contributed by atoms with Crippen LogP contribution in [0.4, 0.5) is 0 Å². The lowest BCUT2D eigenvalue weighted by Crippen LogP contribution is -2.09. The fourth-order valence-electron chi connectivity index (χ4n) is 2.03. The van der Waals surface area contributed by atoms with E-state index in [1.165, 1.54) is 12.8 Å². The van der Waals surface area contributed by atoms with Gasteiger partial charge in [-0.25, -0.2) is 0 Å². The second-order valence-corrected chi connectivity index (χ2v) is 5.51. The van der Waals surface area contributed by atoms with Crippen molar-refractivity contribution in [2.45, 2.75) is 46.0 Å². The predicted molar refractivity (Wildman–Crippen MR) is 78.7 cm³/mol. The van der Waals surface area contributed by atoms with Crippen molar-refractivity contribution >= 4 is 29.0 Å². The van der Waals surface area contributed by atoms with Gasteiger partial charge in [0.25, 0.3) is 0 Å². The van der Waals surface area contributed by atoms with Crippen molar-refractivity contribution in [3.8, 4) is 0 Å². The number of hydrogen-bond acceptors (Lipinski definition) is 1. The molecule has 1 aromatic rings. The summed E-state index contributed by atoms with van der Waals surface area (Å²) in [6.07, 6.45) is 5.05. The highest BCUT2D eigenvalue weighted by molar-refractivity contribution is 6.35. The lowest BCUT2D eigenvalue weighted by Gasteiger charge is -2.14. The summed E-state index contributed by atoms with van der Waals surface area (Å²) in [5, 5.41) is 1.05. The first kappa shape index (κ1) is 15.5. The van der Waals surface area contributed by atoms with Crippen LogP contribution in [0.2, 0.25) is 10.0 Å². The molecule has 1 aromatic carbocycles. The molecule has 100 valence electrons. The number of unbranched alkanes of at least 4 members (excludes halogenated alkanes) is 1. The van der Waals surface area contributed by atoms with Crippen molar-refractivity contribution in [1.82, 2.24) is 0 Å². The van der Waals surface area contributed by atoms with E-state index in [1.807, 2.05) is 0 Å². The second kappa shape index (κ2) is 7.81. The van der Waals surface area contributed by atoms with Gasteiger partial charge in [0.05, 0.1) is 5.02 Å². The third-order valence-corrected chi connectivity index (χ3v) is 3.81. The van der Waals surface area contributed by atoms with Gasteiger partial charge in [-0.05, 0) is 24.1 Å². The van der Waals surface area contributed by atoms with Crippen LogP contribution < -0.4 is 0 Å². The Labute approximate surface area is 119 Å². The number of benzene rings is 1. The molecular formula is C15H20Cl2O. The maximum absolute atomic E-state index is 12.2. The Balaban J connectivity index is 2.71. The van der Waals surface area contributed by atoms with Crippen molar-refractivity contribution in [3.63, 3.8) is 0 Å². The largest absolute Gasteiger partial charge is 0.294 e. The SMILES string of the molecule is CCCCC(CC)CC(=O)c1cc(Cl)ccc1Cl. The third kappa shape index (κ3) is 4.62. The minimum Gasteiger partial charge on any atom is -0.294 e. The predicted octanol–water partition coefficient (Wildman–Crippen LogP) is 5.78. The number of Topliss-reactive ketones (excluding diaryl/α,β-unsaturated/α-hetero) is 1. The monoisotopic (exact) mass is 286 g/mol. The Bertz CT molecular complexity index is 401. The van der Waals surface area contributed by atoms with E-state index >= 15 is 0 Å². The van der Waals surface area contributed by atoms with Gasteiger partial charge in [-0.15, -0.1) is 0 Å². The molecule has 1 unspecified atom stereocenters. The van der Waals surface area contributed by atoms with E-state index in [0.29, 0.717) is 27.9 Å². The third-order valence-electron chi connectivity index (χ3n) is 3.25. The highest BCUT2D eigenvalue weighted by Gasteiger charge is 2.16. The average Bonchev–Trinajstić information content (AvgIpc) is 2.37. The van der Waals surface area contributed by atoms with E-state index in [2.05, 4.69) is 13.8 Å². The molecule has 1 rings (SSSR count). The Morgan fingerprint density at radius 2 is 2.00 bits per heavy atom. The number of halogens is 2. The van der Waals surface area contributed by atoms with Crippen LogP contribution in [0, 0.1) is 5.92 Å². The van der Waals surface area contributed by atoms with Crippen molar-refractivity contribution < 1.29 is 4.79 Å². The van der Waals surface area contributed by atoms with E-state index in [4.69, 9.17) is 23.2 Å². The number of carbonyl (C=O) groups excluding carboxylic acids is 1. The zero-order chi connectivity index (χ0) is 13.5. The summed E-state index contributed by atoms with van der Waals surface area (Å²) in [5.41, 5.74) is 0.555. The topological polar surface area (TPSA) is 17.1 Å². The number of carbonyl (C=O) groups is 1. The molecule has 3 heteroatoms. The zero-order valence-corrected chi connectivity index (χ0v) is 12.5. The number of ketones is 1. The molecule has 18 heavy (non-hydrogen) atoms. The van der Waals surface area contributed by atoms with Crippen molar-refractivity contribution in [3.05, 3.63) is 33.8 Å². The minimum absolute atomic E-state index is 0.102. The van der Waals surface area contributed by atoms with Crippen LogP contribution in [-0.4, -0.2) is 5.78 Å². The molecule has 0 saturated carbocycles. The van der Waals surface area contributed by atoms with Crippen molar-refractivity contribution in [2.75, 3.05) is 0 Å². The van der Waals surface area contributed by atoms with Gasteiger partial charge in [0.2, 0.25) is 0 Å². The molecule has 0 N–H and O–H groups in total. The second-order valence-electron chi connectivity index (χ2n) is 4.67. The van der Waals surface area contributed by atoms with Crippen LogP contribution in [-0.2, 0) is 0 Å². The lowest BCUT2D eigenvalue weighted by atomic mass is 9.91. The van der Waals surface area contributed by atoms with Gasteiger partial charge in [-0.1, -0.05) is 62.7 Å². The summed E-state index contributed by atoms with van der Waals surface area (Å²) in [7, 11) is 0. The Morgan fingerprint density at radius 1 is 1.28 bits per heavy atom. The van der Waals surface area contributed by atoms with Crippen LogP contribution >= 0.6 is 23.2 Å². The zero-order valence-electron chi connectivity index (χ0n) is 11.0. The molecule has 0 aromatic heterocycles. The molecule has 0 saturated heterocycles. The molecule has 0 spiro atoms. The molecule has 1 nitrogen and oxygen atoms in total. The normalized spacial score (nSPS) is 12.4. The molecule has 0 fully saturated rings. The van der Waals surface area contributed by atoms with E-state index in [9.17, 15) is 4.79 Å². The van der Waals surface area contributed by atoms with Crippen molar-refractivity contribution in [2.24, 2.45) is 5.92 Å². The molecule has 0 aliphatic carbocycles. The van der Waals surface area contributed by atoms with Crippen LogP contribution in [0.15, 0.2) is 18.2 Å². The van der Waals surface area contributed by atoms with Crippen LogP contribution in [0.3, 0.4) is 0 Å². The Kier molecular flexibility index (Phi) is 6.73. The molecule has 0 aliphatic heterocycles. The summed E-state index contributed by atoms with van der Waals surface area (Å²) in [6.45, 7) is 4.30. The maximum Gasteiger partial charge on any atom is 0.164 e. The van der Waals surface area contributed by atoms with Crippen LogP contribution in [0.25, 0.3) is 0 Å². The van der Waals surface area contributed by atoms with E-state index in [0.717, 1.165) is 12.8 Å². The van der Waals surface area contributed by atoms with Crippen LogP contribution in [0.1, 0.15) is 56.3 Å². The minimum atomic E-state index is 0.102. The quantitative estimate of drug-likeness (QED) is 0.581. The van der Waals surface area contributed by atoms with Gasteiger partial charge in [0, 0.05) is 17.0 Å². The first-order valence-corrected chi connectivity index (χ1v) is 7.32. The van der Waals surface area contributed by atoms with E-state index in [1.54, 1.807) is 18.2 Å². The summed E-state index contributed by atoms with van der Waals surface area (Å²) in [5.74, 6) is 0.554. The molecule has 0 radical (unpaired) electrons.